The first-order chi connectivity index (χ1) is 17.0. The third-order valence-electron chi connectivity index (χ3n) is 6.34. The van der Waals surface area contributed by atoms with E-state index in [1.54, 1.807) is 7.11 Å². The first-order valence-electron chi connectivity index (χ1n) is 11.9. The number of hydrogen-bond acceptors (Lipinski definition) is 5. The van der Waals surface area contributed by atoms with E-state index in [-0.39, 0.29) is 6.03 Å². The molecule has 3 aromatic rings. The number of rotatable bonds is 2. The van der Waals surface area contributed by atoms with Gasteiger partial charge in [-0.15, -0.1) is 0 Å². The molecule has 0 unspecified atom stereocenters. The van der Waals surface area contributed by atoms with Crippen LogP contribution in [0, 0.1) is 13.8 Å². The van der Waals surface area contributed by atoms with Crippen LogP contribution < -0.4 is 14.8 Å². The molecule has 0 atom stereocenters. The number of carbonyl (C=O) groups is 1. The zero-order valence-corrected chi connectivity index (χ0v) is 20.4. The summed E-state index contributed by atoms with van der Waals surface area (Å²) in [6, 6.07) is 19.6. The van der Waals surface area contributed by atoms with Crippen molar-refractivity contribution in [2.24, 2.45) is 4.99 Å². The molecule has 3 aromatic carbocycles. The van der Waals surface area contributed by atoms with Crippen LogP contribution in [-0.4, -0.2) is 55.0 Å². The number of amidine groups is 1. The highest BCUT2D eigenvalue weighted by molar-refractivity contribution is 6.04. The van der Waals surface area contributed by atoms with Crippen molar-refractivity contribution >= 4 is 23.2 Å². The number of anilines is 1. The van der Waals surface area contributed by atoms with Crippen molar-refractivity contribution in [3.05, 3.63) is 77.4 Å². The fourth-order valence-corrected chi connectivity index (χ4v) is 4.47. The maximum atomic E-state index is 13.0. The minimum atomic E-state index is -0.108. The molecule has 1 N–H and O–H groups in total. The average molecular weight is 471 g/mol. The van der Waals surface area contributed by atoms with Crippen LogP contribution in [0.2, 0.25) is 0 Å². The van der Waals surface area contributed by atoms with Crippen LogP contribution in [0.15, 0.2) is 65.7 Å². The molecule has 180 valence electrons. The molecule has 2 aliphatic rings. The molecule has 0 aliphatic carbocycles. The van der Waals surface area contributed by atoms with E-state index in [0.29, 0.717) is 25.4 Å². The standard InChI is InChI=1S/C28H30N4O3/c1-19-9-11-25-23(16-19)27(30-24-10-8-20(2)17-26(24)35-25)31-12-5-13-32(15-14-31)28(33)29-21-6-4-7-22(18-21)34-3/h4,6-11,16-18H,5,12-15H2,1-3H3,(H,29,33). The number of aryl methyl sites for hydroxylation is 2. The number of methoxy groups -OCH3 is 1. The Labute approximate surface area is 206 Å². The number of hydrogen-bond donors (Lipinski definition) is 1. The van der Waals surface area contributed by atoms with E-state index in [1.807, 2.05) is 47.4 Å². The quantitative estimate of drug-likeness (QED) is 0.519. The summed E-state index contributed by atoms with van der Waals surface area (Å²) < 4.78 is 11.6. The predicted molar refractivity (Wildman–Crippen MR) is 138 cm³/mol. The average Bonchev–Trinajstić information content (AvgIpc) is 3.19. The van der Waals surface area contributed by atoms with Gasteiger partial charge >= 0.3 is 6.03 Å². The third-order valence-corrected chi connectivity index (χ3v) is 6.34. The van der Waals surface area contributed by atoms with E-state index >= 15 is 0 Å². The lowest BCUT2D eigenvalue weighted by Gasteiger charge is -2.25. The molecule has 7 heteroatoms. The topological polar surface area (TPSA) is 66.4 Å². The Bertz CT molecular complexity index is 1290. The molecule has 1 saturated heterocycles. The van der Waals surface area contributed by atoms with Crippen molar-refractivity contribution in [2.75, 3.05) is 38.6 Å². The van der Waals surface area contributed by atoms with Gasteiger partial charge in [0.1, 0.15) is 23.0 Å². The molecule has 7 nitrogen and oxygen atoms in total. The summed E-state index contributed by atoms with van der Waals surface area (Å²) in [6.07, 6.45) is 0.841. The first kappa shape index (κ1) is 22.8. The minimum Gasteiger partial charge on any atom is -0.497 e. The van der Waals surface area contributed by atoms with Crippen LogP contribution in [0.4, 0.5) is 16.2 Å². The number of urea groups is 1. The van der Waals surface area contributed by atoms with Crippen LogP contribution in [0.3, 0.4) is 0 Å². The lowest BCUT2D eigenvalue weighted by molar-refractivity contribution is 0.214. The van der Waals surface area contributed by atoms with Gasteiger partial charge in [-0.1, -0.05) is 23.8 Å². The van der Waals surface area contributed by atoms with Crippen LogP contribution in [0.1, 0.15) is 23.1 Å². The van der Waals surface area contributed by atoms with E-state index in [1.165, 1.54) is 0 Å². The Morgan fingerprint density at radius 1 is 0.943 bits per heavy atom. The number of fused-ring (bicyclic) bond motifs is 2. The van der Waals surface area contributed by atoms with Crippen molar-refractivity contribution in [2.45, 2.75) is 20.3 Å². The Morgan fingerprint density at radius 3 is 2.63 bits per heavy atom. The van der Waals surface area contributed by atoms with Gasteiger partial charge in [-0.05, 0) is 62.2 Å². The van der Waals surface area contributed by atoms with Gasteiger partial charge in [0.25, 0.3) is 0 Å². The van der Waals surface area contributed by atoms with E-state index in [0.717, 1.165) is 58.4 Å². The highest BCUT2D eigenvalue weighted by Crippen LogP contribution is 2.39. The van der Waals surface area contributed by atoms with E-state index in [2.05, 4.69) is 42.3 Å². The summed E-state index contributed by atoms with van der Waals surface area (Å²) in [6.45, 7) is 6.88. The molecule has 35 heavy (non-hydrogen) atoms. The van der Waals surface area contributed by atoms with Gasteiger partial charge in [-0.3, -0.25) is 0 Å². The fraction of sp³-hybridized carbons (Fsp3) is 0.286. The van der Waals surface area contributed by atoms with Gasteiger partial charge in [0.05, 0.1) is 12.7 Å². The Hall–Kier alpha value is -4.00. The Balaban J connectivity index is 1.38. The Morgan fingerprint density at radius 2 is 1.77 bits per heavy atom. The van der Waals surface area contributed by atoms with Gasteiger partial charge < -0.3 is 24.6 Å². The number of ether oxygens (including phenoxy) is 2. The molecule has 0 bridgehead atoms. The summed E-state index contributed by atoms with van der Waals surface area (Å²) in [5.74, 6) is 3.17. The largest absolute Gasteiger partial charge is 0.497 e. The van der Waals surface area contributed by atoms with Crippen LogP contribution >= 0.6 is 0 Å². The predicted octanol–water partition coefficient (Wildman–Crippen LogP) is 5.74. The van der Waals surface area contributed by atoms with Crippen LogP contribution in [-0.2, 0) is 0 Å². The second-order valence-corrected chi connectivity index (χ2v) is 9.00. The zero-order chi connectivity index (χ0) is 24.4. The van der Waals surface area contributed by atoms with Crippen molar-refractivity contribution in [1.82, 2.24) is 9.80 Å². The second-order valence-electron chi connectivity index (χ2n) is 9.00. The van der Waals surface area contributed by atoms with Crippen molar-refractivity contribution in [3.63, 3.8) is 0 Å². The Kier molecular flexibility index (Phi) is 6.31. The van der Waals surface area contributed by atoms with E-state index in [4.69, 9.17) is 14.5 Å². The van der Waals surface area contributed by atoms with Gasteiger partial charge in [0.15, 0.2) is 5.75 Å². The number of aliphatic imine (C=N–C) groups is 1. The normalized spacial score (nSPS) is 15.1. The molecular weight excluding hydrogens is 440 g/mol. The highest BCUT2D eigenvalue weighted by Gasteiger charge is 2.26. The SMILES string of the molecule is COc1cccc(NC(=O)N2CCCN(C3=Nc4ccc(C)cc4Oc4ccc(C)cc43)CC2)c1. The summed E-state index contributed by atoms with van der Waals surface area (Å²) in [5, 5.41) is 3.00. The molecule has 1 fully saturated rings. The number of amides is 2. The van der Waals surface area contributed by atoms with Gasteiger partial charge in [-0.25, -0.2) is 9.79 Å². The lowest BCUT2D eigenvalue weighted by atomic mass is 10.1. The van der Waals surface area contributed by atoms with Gasteiger partial charge in [0.2, 0.25) is 0 Å². The van der Waals surface area contributed by atoms with Gasteiger partial charge in [0, 0.05) is 37.9 Å². The zero-order valence-electron chi connectivity index (χ0n) is 20.4. The number of carbonyl (C=O) groups excluding carboxylic acids is 1. The monoisotopic (exact) mass is 470 g/mol. The van der Waals surface area contributed by atoms with Crippen molar-refractivity contribution in [3.8, 4) is 17.2 Å². The molecule has 2 aliphatic heterocycles. The number of nitrogens with zero attached hydrogens (tertiary/aromatic N) is 3. The lowest BCUT2D eigenvalue weighted by Crippen LogP contribution is -2.39. The maximum Gasteiger partial charge on any atom is 0.321 e. The maximum absolute atomic E-state index is 13.0. The third kappa shape index (κ3) is 4.94. The molecule has 0 aromatic heterocycles. The molecule has 5 rings (SSSR count). The van der Waals surface area contributed by atoms with E-state index in [9.17, 15) is 4.79 Å². The summed E-state index contributed by atoms with van der Waals surface area (Å²) in [4.78, 5) is 22.2. The molecule has 0 spiro atoms. The molecule has 0 radical (unpaired) electrons. The number of benzene rings is 3. The summed E-state index contributed by atoms with van der Waals surface area (Å²) in [7, 11) is 1.62. The van der Waals surface area contributed by atoms with Crippen molar-refractivity contribution in [1.29, 1.82) is 0 Å². The van der Waals surface area contributed by atoms with Crippen LogP contribution in [0.25, 0.3) is 0 Å². The smallest absolute Gasteiger partial charge is 0.321 e. The molecule has 2 heterocycles. The second kappa shape index (κ2) is 9.70. The molecular formula is C28H30N4O3. The minimum absolute atomic E-state index is 0.108. The summed E-state index contributed by atoms with van der Waals surface area (Å²) in [5.41, 5.74) is 4.79. The number of nitrogens with one attached hydrogen (secondary N) is 1. The first-order valence-corrected chi connectivity index (χ1v) is 11.9. The van der Waals surface area contributed by atoms with Crippen molar-refractivity contribution < 1.29 is 14.3 Å². The van der Waals surface area contributed by atoms with Gasteiger partial charge in [-0.2, -0.15) is 0 Å². The molecule has 2 amide bonds. The summed E-state index contributed by atoms with van der Waals surface area (Å²) >= 11 is 0. The molecule has 0 saturated carbocycles. The highest BCUT2D eigenvalue weighted by atomic mass is 16.5. The van der Waals surface area contributed by atoms with E-state index < -0.39 is 0 Å². The van der Waals surface area contributed by atoms with Crippen LogP contribution in [0.5, 0.6) is 17.2 Å². The fourth-order valence-electron chi connectivity index (χ4n) is 4.47.